The minimum Gasteiger partial charge on any atom is -0.478 e. The van der Waals surface area contributed by atoms with Crippen molar-refractivity contribution in [3.05, 3.63) is 65.7 Å². The fraction of sp³-hybridized carbons (Fsp3) is 0.318. The number of nitrogens with one attached hydrogen (secondary N) is 1. The zero-order valence-corrected chi connectivity index (χ0v) is 17.0. The Morgan fingerprint density at radius 3 is 2.17 bits per heavy atom. The fourth-order valence-corrected chi connectivity index (χ4v) is 2.52. The molecule has 160 valence electrons. The van der Waals surface area contributed by atoms with Gasteiger partial charge in [-0.1, -0.05) is 44.2 Å². The van der Waals surface area contributed by atoms with Gasteiger partial charge in [-0.3, -0.25) is 0 Å². The van der Waals surface area contributed by atoms with Crippen molar-refractivity contribution in [2.24, 2.45) is 5.92 Å². The molecule has 0 aliphatic heterocycles. The summed E-state index contributed by atoms with van der Waals surface area (Å²) in [4.78, 5) is 35.4. The summed E-state index contributed by atoms with van der Waals surface area (Å²) in [5.41, 5.74) is 0.942. The quantitative estimate of drug-likeness (QED) is 0.475. The lowest BCUT2D eigenvalue weighted by Gasteiger charge is -2.23. The van der Waals surface area contributed by atoms with Gasteiger partial charge in [-0.15, -0.1) is 0 Å². The highest BCUT2D eigenvalue weighted by atomic mass is 16.7. The molecule has 0 aliphatic rings. The number of aromatic carboxylic acids is 1. The number of esters is 1. The number of hydrogen-bond donors (Lipinski definition) is 2. The van der Waals surface area contributed by atoms with E-state index in [0.717, 1.165) is 5.56 Å². The standard InChI is InChI=1S/C22H25NO7/c1-14(2)19(23-22(27)28-13-16-7-5-4-6-8-16)21(26)30-15(3)29-18-11-9-17(10-12-18)20(24)25/h4-12,14-15,19H,13H2,1-3H3,(H,23,27)(H,24,25)/t15?,19-/m0/s1. The van der Waals surface area contributed by atoms with Crippen LogP contribution in [-0.4, -0.2) is 35.5 Å². The van der Waals surface area contributed by atoms with Gasteiger partial charge in [-0.2, -0.15) is 0 Å². The Labute approximate surface area is 174 Å². The molecule has 0 aromatic heterocycles. The Balaban J connectivity index is 1.87. The van der Waals surface area contributed by atoms with Crippen LogP contribution in [0.5, 0.6) is 5.75 Å². The molecule has 0 heterocycles. The maximum absolute atomic E-state index is 12.5. The first-order valence-corrected chi connectivity index (χ1v) is 9.44. The number of ether oxygens (including phenoxy) is 3. The SMILES string of the molecule is CC(OC(=O)[C@@H](NC(=O)OCc1ccccc1)C(C)C)Oc1ccc(C(=O)O)cc1. The van der Waals surface area contributed by atoms with Gasteiger partial charge in [0.25, 0.3) is 0 Å². The van der Waals surface area contributed by atoms with E-state index in [1.54, 1.807) is 13.8 Å². The normalized spacial score (nSPS) is 12.5. The Morgan fingerprint density at radius 1 is 0.967 bits per heavy atom. The minimum absolute atomic E-state index is 0.0817. The van der Waals surface area contributed by atoms with Gasteiger partial charge in [-0.25, -0.2) is 14.4 Å². The van der Waals surface area contributed by atoms with Crippen molar-refractivity contribution in [2.45, 2.75) is 39.7 Å². The second-order valence-electron chi connectivity index (χ2n) is 6.88. The van der Waals surface area contributed by atoms with Gasteiger partial charge in [0.05, 0.1) is 5.56 Å². The number of carboxylic acid groups (broad SMARTS) is 1. The second kappa shape index (κ2) is 10.8. The number of carbonyl (C=O) groups excluding carboxylic acids is 2. The molecular weight excluding hydrogens is 390 g/mol. The van der Waals surface area contributed by atoms with Crippen molar-refractivity contribution in [1.82, 2.24) is 5.32 Å². The summed E-state index contributed by atoms with van der Waals surface area (Å²) >= 11 is 0. The van der Waals surface area contributed by atoms with Gasteiger partial charge >= 0.3 is 18.0 Å². The summed E-state index contributed by atoms with van der Waals surface area (Å²) in [7, 11) is 0. The van der Waals surface area contributed by atoms with Crippen LogP contribution in [0.3, 0.4) is 0 Å². The van der Waals surface area contributed by atoms with Crippen LogP contribution in [0.4, 0.5) is 4.79 Å². The van der Waals surface area contributed by atoms with Gasteiger partial charge in [0.1, 0.15) is 18.4 Å². The molecule has 0 bridgehead atoms. The molecule has 0 spiro atoms. The third kappa shape index (κ3) is 7.12. The maximum Gasteiger partial charge on any atom is 0.408 e. The molecule has 0 fully saturated rings. The molecule has 1 amide bonds. The van der Waals surface area contributed by atoms with Crippen LogP contribution in [0.25, 0.3) is 0 Å². The summed E-state index contributed by atoms with van der Waals surface area (Å²) in [5.74, 6) is -1.62. The van der Waals surface area contributed by atoms with E-state index in [0.29, 0.717) is 5.75 Å². The predicted molar refractivity (Wildman–Crippen MR) is 108 cm³/mol. The molecule has 0 saturated carbocycles. The first kappa shape index (κ1) is 22.7. The Morgan fingerprint density at radius 2 is 1.60 bits per heavy atom. The van der Waals surface area contributed by atoms with E-state index < -0.39 is 30.4 Å². The van der Waals surface area contributed by atoms with Crippen LogP contribution in [0, 0.1) is 5.92 Å². The third-order valence-corrected chi connectivity index (χ3v) is 4.09. The molecule has 0 aliphatic carbocycles. The fourth-order valence-electron chi connectivity index (χ4n) is 2.52. The van der Waals surface area contributed by atoms with Crippen molar-refractivity contribution in [1.29, 1.82) is 0 Å². The zero-order chi connectivity index (χ0) is 22.1. The largest absolute Gasteiger partial charge is 0.478 e. The lowest BCUT2D eigenvalue weighted by Crippen LogP contribution is -2.46. The number of alkyl carbamates (subject to hydrolysis) is 1. The lowest BCUT2D eigenvalue weighted by atomic mass is 10.1. The highest BCUT2D eigenvalue weighted by Crippen LogP contribution is 2.15. The Bertz CT molecular complexity index is 850. The Hall–Kier alpha value is -3.55. The van der Waals surface area contributed by atoms with E-state index in [9.17, 15) is 14.4 Å². The van der Waals surface area contributed by atoms with E-state index in [4.69, 9.17) is 19.3 Å². The summed E-state index contributed by atoms with van der Waals surface area (Å²) in [6, 6.07) is 13.9. The molecule has 2 N–H and O–H groups in total. The monoisotopic (exact) mass is 415 g/mol. The molecule has 30 heavy (non-hydrogen) atoms. The number of carboxylic acids is 1. The molecule has 0 saturated heterocycles. The van der Waals surface area contributed by atoms with Crippen LogP contribution in [0.2, 0.25) is 0 Å². The second-order valence-corrected chi connectivity index (χ2v) is 6.88. The van der Waals surface area contributed by atoms with E-state index in [1.807, 2.05) is 30.3 Å². The van der Waals surface area contributed by atoms with Gasteiger partial charge in [0.15, 0.2) is 0 Å². The molecule has 1 unspecified atom stereocenters. The van der Waals surface area contributed by atoms with Gasteiger partial charge in [0.2, 0.25) is 6.29 Å². The molecule has 2 rings (SSSR count). The summed E-state index contributed by atoms with van der Waals surface area (Å²) in [6.07, 6.45) is -1.68. The van der Waals surface area contributed by atoms with Crippen molar-refractivity contribution < 1.29 is 33.7 Å². The van der Waals surface area contributed by atoms with Crippen LogP contribution < -0.4 is 10.1 Å². The summed E-state index contributed by atoms with van der Waals surface area (Å²) in [5, 5.41) is 11.4. The molecule has 0 radical (unpaired) electrons. The first-order valence-electron chi connectivity index (χ1n) is 9.44. The molecule has 8 heteroatoms. The first-order chi connectivity index (χ1) is 14.3. The minimum atomic E-state index is -1.05. The highest BCUT2D eigenvalue weighted by Gasteiger charge is 2.28. The highest BCUT2D eigenvalue weighted by molar-refractivity contribution is 5.87. The number of benzene rings is 2. The molecule has 2 aromatic carbocycles. The smallest absolute Gasteiger partial charge is 0.408 e. The Kier molecular flexibility index (Phi) is 8.22. The van der Waals surface area contributed by atoms with Crippen molar-refractivity contribution >= 4 is 18.0 Å². The van der Waals surface area contributed by atoms with Gasteiger partial charge in [0, 0.05) is 6.92 Å². The average molecular weight is 415 g/mol. The summed E-state index contributed by atoms with van der Waals surface area (Å²) < 4.78 is 15.9. The van der Waals surface area contributed by atoms with E-state index in [2.05, 4.69) is 5.32 Å². The maximum atomic E-state index is 12.5. The topological polar surface area (TPSA) is 111 Å². The predicted octanol–water partition coefficient (Wildman–Crippen LogP) is 3.60. The lowest BCUT2D eigenvalue weighted by molar-refractivity contribution is -0.165. The van der Waals surface area contributed by atoms with Crippen molar-refractivity contribution in [3.8, 4) is 5.75 Å². The van der Waals surface area contributed by atoms with E-state index in [1.165, 1.54) is 31.2 Å². The van der Waals surface area contributed by atoms with Gasteiger partial charge < -0.3 is 24.6 Å². The van der Waals surface area contributed by atoms with Crippen molar-refractivity contribution in [2.75, 3.05) is 0 Å². The molecule has 8 nitrogen and oxygen atoms in total. The summed E-state index contributed by atoms with van der Waals surface area (Å²) in [6.45, 7) is 5.13. The van der Waals surface area contributed by atoms with Crippen LogP contribution in [0.15, 0.2) is 54.6 Å². The molecule has 2 atom stereocenters. The zero-order valence-electron chi connectivity index (χ0n) is 17.0. The number of hydrogen-bond acceptors (Lipinski definition) is 6. The van der Waals surface area contributed by atoms with Gasteiger partial charge in [-0.05, 0) is 35.7 Å². The number of carbonyl (C=O) groups is 3. The molecule has 2 aromatic rings. The van der Waals surface area contributed by atoms with E-state index >= 15 is 0 Å². The number of rotatable bonds is 9. The number of amides is 1. The van der Waals surface area contributed by atoms with Crippen LogP contribution in [0.1, 0.15) is 36.7 Å². The third-order valence-electron chi connectivity index (χ3n) is 4.09. The molecular formula is C22H25NO7. The van der Waals surface area contributed by atoms with Crippen molar-refractivity contribution in [3.63, 3.8) is 0 Å². The van der Waals surface area contributed by atoms with Crippen LogP contribution in [-0.2, 0) is 20.9 Å². The van der Waals surface area contributed by atoms with Crippen LogP contribution >= 0.6 is 0 Å². The van der Waals surface area contributed by atoms with E-state index in [-0.39, 0.29) is 18.1 Å². The average Bonchev–Trinajstić information content (AvgIpc) is 2.71.